The second-order valence-corrected chi connectivity index (χ2v) is 7.58. The van der Waals surface area contributed by atoms with Gasteiger partial charge in [-0.15, -0.1) is 16.8 Å². The lowest BCUT2D eigenvalue weighted by Crippen LogP contribution is -2.15. The van der Waals surface area contributed by atoms with E-state index >= 15 is 0 Å². The smallest absolute Gasteiger partial charge is 0.192 e. The number of benzene rings is 2. The number of ketones is 1. The minimum Gasteiger partial charge on any atom is -0.483 e. The fraction of sp³-hybridized carbons (Fsp3) is 0.190. The molecule has 0 amide bonds. The normalized spacial score (nSPS) is 11.9. The van der Waals surface area contributed by atoms with E-state index in [2.05, 4.69) is 16.8 Å². The molecule has 0 fully saturated rings. The molecule has 0 spiro atoms. The van der Waals surface area contributed by atoms with Crippen molar-refractivity contribution >= 4 is 17.5 Å². The molecule has 3 aromatic rings. The lowest BCUT2D eigenvalue weighted by atomic mass is 10.1. The van der Waals surface area contributed by atoms with E-state index in [4.69, 9.17) is 4.74 Å². The highest BCUT2D eigenvalue weighted by Crippen LogP contribution is 2.26. The maximum absolute atomic E-state index is 13.7. The topological polar surface area (TPSA) is 57.0 Å². The monoisotopic (exact) mass is 433 g/mol. The van der Waals surface area contributed by atoms with Crippen molar-refractivity contribution in [1.29, 1.82) is 0 Å². The Morgan fingerprint density at radius 3 is 2.63 bits per heavy atom. The summed E-state index contributed by atoms with van der Waals surface area (Å²) in [5.74, 6) is -2.46. The number of thioether (sulfide) groups is 1. The lowest BCUT2D eigenvalue weighted by molar-refractivity contribution is 0.0993. The summed E-state index contributed by atoms with van der Waals surface area (Å²) in [6, 6.07) is 9.02. The third-order valence-corrected chi connectivity index (χ3v) is 5.23. The van der Waals surface area contributed by atoms with Crippen LogP contribution in [0, 0.1) is 17.5 Å². The van der Waals surface area contributed by atoms with Gasteiger partial charge in [0.1, 0.15) is 6.61 Å². The number of nitrogens with zero attached hydrogens (tertiary/aromatic N) is 3. The van der Waals surface area contributed by atoms with Crippen LogP contribution in [0.25, 0.3) is 0 Å². The number of carbonyl (C=O) groups excluding carboxylic acids is 1. The summed E-state index contributed by atoms with van der Waals surface area (Å²) in [5, 5.41) is 7.94. The number of ether oxygens (including phenoxy) is 1. The predicted molar refractivity (Wildman–Crippen MR) is 107 cm³/mol. The van der Waals surface area contributed by atoms with Crippen LogP contribution in [0.4, 0.5) is 13.2 Å². The van der Waals surface area contributed by atoms with Gasteiger partial charge in [0, 0.05) is 12.1 Å². The zero-order chi connectivity index (χ0) is 21.7. The number of carbonyl (C=O) groups is 1. The molecule has 0 bridgehead atoms. The summed E-state index contributed by atoms with van der Waals surface area (Å²) in [5.41, 5.74) is 0.0618. The van der Waals surface area contributed by atoms with Gasteiger partial charge in [-0.3, -0.25) is 9.36 Å². The average molecular weight is 433 g/mol. The number of allylic oxidation sites excluding steroid dienone is 1. The third kappa shape index (κ3) is 4.91. The van der Waals surface area contributed by atoms with Crippen molar-refractivity contribution in [2.75, 3.05) is 0 Å². The number of Topliss-reactive ketones (excluding diaryl/α,β-unsaturated/α-hetero) is 1. The molecule has 2 aromatic carbocycles. The molecule has 9 heteroatoms. The van der Waals surface area contributed by atoms with Crippen LogP contribution in [0.15, 0.2) is 60.3 Å². The highest BCUT2D eigenvalue weighted by atomic mass is 32.2. The van der Waals surface area contributed by atoms with Gasteiger partial charge in [0.15, 0.2) is 40.0 Å². The molecule has 0 radical (unpaired) electrons. The van der Waals surface area contributed by atoms with Crippen LogP contribution in [0.3, 0.4) is 0 Å². The first kappa shape index (κ1) is 21.6. The molecule has 0 aliphatic heterocycles. The number of para-hydroxylation sites is 1. The highest BCUT2D eigenvalue weighted by molar-refractivity contribution is 8.00. The number of aromatic nitrogens is 3. The first-order valence-electron chi connectivity index (χ1n) is 8.97. The summed E-state index contributed by atoms with van der Waals surface area (Å²) in [6.07, 6.45) is 1.63. The number of hydrogen-bond acceptors (Lipinski definition) is 5. The van der Waals surface area contributed by atoms with Gasteiger partial charge in [-0.05, 0) is 37.3 Å². The van der Waals surface area contributed by atoms with Crippen molar-refractivity contribution < 1.29 is 22.7 Å². The lowest BCUT2D eigenvalue weighted by Gasteiger charge is -2.12. The Labute approximate surface area is 175 Å². The largest absolute Gasteiger partial charge is 0.483 e. The quantitative estimate of drug-likeness (QED) is 0.275. The van der Waals surface area contributed by atoms with Crippen molar-refractivity contribution in [3.63, 3.8) is 0 Å². The van der Waals surface area contributed by atoms with E-state index in [-0.39, 0.29) is 23.7 Å². The van der Waals surface area contributed by atoms with Gasteiger partial charge < -0.3 is 4.74 Å². The Morgan fingerprint density at radius 2 is 1.93 bits per heavy atom. The van der Waals surface area contributed by atoms with Crippen molar-refractivity contribution in [3.8, 4) is 5.75 Å². The highest BCUT2D eigenvalue weighted by Gasteiger charge is 2.22. The second-order valence-electron chi connectivity index (χ2n) is 6.27. The molecule has 0 saturated carbocycles. The minimum absolute atomic E-state index is 0.0339. The molecule has 0 saturated heterocycles. The molecule has 0 unspecified atom stereocenters. The molecule has 0 aliphatic carbocycles. The molecule has 3 rings (SSSR count). The summed E-state index contributed by atoms with van der Waals surface area (Å²) in [6.45, 7) is 5.65. The minimum atomic E-state index is -1.08. The van der Waals surface area contributed by atoms with Gasteiger partial charge in [0.05, 0.1) is 5.25 Å². The van der Waals surface area contributed by atoms with Crippen LogP contribution < -0.4 is 4.74 Å². The average Bonchev–Trinajstić information content (AvgIpc) is 3.10. The van der Waals surface area contributed by atoms with Crippen molar-refractivity contribution in [2.45, 2.75) is 30.5 Å². The maximum Gasteiger partial charge on any atom is 0.192 e. The molecule has 1 heterocycles. The molecule has 1 atom stereocenters. The second kappa shape index (κ2) is 9.62. The van der Waals surface area contributed by atoms with Crippen LogP contribution in [-0.4, -0.2) is 25.8 Å². The van der Waals surface area contributed by atoms with Gasteiger partial charge in [-0.2, -0.15) is 0 Å². The zero-order valence-electron chi connectivity index (χ0n) is 16.0. The van der Waals surface area contributed by atoms with Crippen LogP contribution >= 0.6 is 11.8 Å². The predicted octanol–water partition coefficient (Wildman–Crippen LogP) is 4.82. The molecule has 0 aliphatic rings. The SMILES string of the molecule is C=CCn1c(COc2ccccc2F)nnc1S[C@H](C)C(=O)c1ccc(F)c(F)c1. The summed E-state index contributed by atoms with van der Waals surface area (Å²) in [7, 11) is 0. The fourth-order valence-electron chi connectivity index (χ4n) is 2.63. The van der Waals surface area contributed by atoms with Gasteiger partial charge in [-0.1, -0.05) is 30.0 Å². The van der Waals surface area contributed by atoms with E-state index in [1.807, 2.05) is 0 Å². The van der Waals surface area contributed by atoms with E-state index < -0.39 is 22.7 Å². The molecule has 30 heavy (non-hydrogen) atoms. The molecule has 1 aromatic heterocycles. The maximum atomic E-state index is 13.7. The molecule has 0 N–H and O–H groups in total. The van der Waals surface area contributed by atoms with Gasteiger partial charge in [0.2, 0.25) is 0 Å². The first-order valence-corrected chi connectivity index (χ1v) is 9.85. The van der Waals surface area contributed by atoms with Crippen molar-refractivity contribution in [2.24, 2.45) is 0 Å². The van der Waals surface area contributed by atoms with Crippen LogP contribution in [0.2, 0.25) is 0 Å². The van der Waals surface area contributed by atoms with Crippen molar-refractivity contribution in [3.05, 3.63) is 84.0 Å². The van der Waals surface area contributed by atoms with Gasteiger partial charge >= 0.3 is 0 Å². The molecular weight excluding hydrogens is 415 g/mol. The molecule has 5 nitrogen and oxygen atoms in total. The summed E-state index contributed by atoms with van der Waals surface area (Å²) in [4.78, 5) is 12.6. The summed E-state index contributed by atoms with van der Waals surface area (Å²) < 4.78 is 47.5. The van der Waals surface area contributed by atoms with E-state index in [0.29, 0.717) is 17.5 Å². The van der Waals surface area contributed by atoms with Gasteiger partial charge in [0.25, 0.3) is 0 Å². The Balaban J connectivity index is 1.75. The van der Waals surface area contributed by atoms with E-state index in [9.17, 15) is 18.0 Å². The van der Waals surface area contributed by atoms with Crippen LogP contribution in [0.5, 0.6) is 5.75 Å². The third-order valence-electron chi connectivity index (χ3n) is 4.15. The first-order chi connectivity index (χ1) is 14.4. The number of rotatable bonds is 9. The van der Waals surface area contributed by atoms with E-state index in [1.54, 1.807) is 29.7 Å². The Kier molecular flexibility index (Phi) is 6.94. The van der Waals surface area contributed by atoms with E-state index in [0.717, 1.165) is 23.9 Å². The Morgan fingerprint density at radius 1 is 1.17 bits per heavy atom. The standard InChI is InChI=1S/C21H18F3N3O2S/c1-3-10-27-19(12-29-18-7-5-4-6-16(18)23)25-26-21(27)30-13(2)20(28)14-8-9-15(22)17(24)11-14/h3-9,11,13H,1,10,12H2,2H3/t13-/m1/s1. The number of halogens is 3. The summed E-state index contributed by atoms with van der Waals surface area (Å²) >= 11 is 1.11. The van der Waals surface area contributed by atoms with Crippen LogP contribution in [-0.2, 0) is 13.2 Å². The van der Waals surface area contributed by atoms with E-state index in [1.165, 1.54) is 18.2 Å². The molecular formula is C21H18F3N3O2S. The van der Waals surface area contributed by atoms with Gasteiger partial charge in [-0.25, -0.2) is 13.2 Å². The zero-order valence-corrected chi connectivity index (χ0v) is 16.8. The Bertz CT molecular complexity index is 1070. The molecule has 156 valence electrons. The fourth-order valence-corrected chi connectivity index (χ4v) is 3.58. The number of hydrogen-bond donors (Lipinski definition) is 0. The Hall–Kier alpha value is -3.07. The van der Waals surface area contributed by atoms with Crippen molar-refractivity contribution in [1.82, 2.24) is 14.8 Å². The van der Waals surface area contributed by atoms with Crippen LogP contribution in [0.1, 0.15) is 23.1 Å².